The van der Waals surface area contributed by atoms with Crippen molar-refractivity contribution in [3.63, 3.8) is 0 Å². The first kappa shape index (κ1) is 22.0. The summed E-state index contributed by atoms with van der Waals surface area (Å²) in [6.07, 6.45) is 9.65. The van der Waals surface area contributed by atoms with E-state index in [4.69, 9.17) is 10.5 Å². The number of carbonyl (C=O) groups is 1. The number of pyridine rings is 2. The van der Waals surface area contributed by atoms with Crippen LogP contribution in [0.2, 0.25) is 0 Å². The lowest BCUT2D eigenvalue weighted by Gasteiger charge is -2.14. The quantitative estimate of drug-likeness (QED) is 0.318. The highest BCUT2D eigenvalue weighted by Gasteiger charge is 2.32. The number of fused-ring (bicyclic) bond motifs is 2. The zero-order valence-corrected chi connectivity index (χ0v) is 19.5. The predicted molar refractivity (Wildman–Crippen MR) is 140 cm³/mol. The van der Waals surface area contributed by atoms with Crippen LogP contribution in [0.25, 0.3) is 22.0 Å². The lowest BCUT2D eigenvalue weighted by Crippen LogP contribution is -2.30. The maximum atomic E-state index is 12.7. The Balaban J connectivity index is 1.18. The number of anilines is 1. The molecule has 4 heterocycles. The smallest absolute Gasteiger partial charge is 0.236 e. The Kier molecular flexibility index (Phi) is 5.67. The van der Waals surface area contributed by atoms with Crippen molar-refractivity contribution in [3.05, 3.63) is 108 Å². The lowest BCUT2D eigenvalue weighted by atomic mass is 9.91. The van der Waals surface area contributed by atoms with Gasteiger partial charge in [-0.25, -0.2) is 0 Å². The van der Waals surface area contributed by atoms with Gasteiger partial charge in [-0.05, 0) is 59.0 Å². The summed E-state index contributed by atoms with van der Waals surface area (Å²) in [4.78, 5) is 24.5. The average Bonchev–Trinajstić information content (AvgIpc) is 3.47. The number of hydrogen-bond acceptors (Lipinski definition) is 5. The number of H-pyrrole nitrogens is 1. The number of nitrogens with two attached hydrogens (primary N) is 1. The van der Waals surface area contributed by atoms with Crippen LogP contribution in [-0.4, -0.2) is 33.5 Å². The van der Waals surface area contributed by atoms with Crippen LogP contribution >= 0.6 is 0 Å². The minimum atomic E-state index is -0.386. The molecule has 0 spiro atoms. The topological polar surface area (TPSA) is 106 Å². The summed E-state index contributed by atoms with van der Waals surface area (Å²) in [5.41, 5.74) is 13.2. The number of rotatable bonds is 7. The molecule has 4 N–H and O–H groups in total. The Bertz CT molecular complexity index is 1550. The molecule has 1 unspecified atom stereocenters. The number of aromatic nitrogens is 3. The normalized spacial score (nSPS) is 15.5. The molecule has 7 nitrogen and oxygen atoms in total. The van der Waals surface area contributed by atoms with Gasteiger partial charge in [-0.1, -0.05) is 30.3 Å². The molecule has 0 bridgehead atoms. The highest BCUT2D eigenvalue weighted by Crippen LogP contribution is 2.39. The van der Waals surface area contributed by atoms with E-state index in [1.54, 1.807) is 24.8 Å². The van der Waals surface area contributed by atoms with Crippen LogP contribution in [-0.2, 0) is 11.2 Å². The summed E-state index contributed by atoms with van der Waals surface area (Å²) in [5, 5.41) is 4.16. The van der Waals surface area contributed by atoms with E-state index in [-0.39, 0.29) is 17.9 Å². The van der Waals surface area contributed by atoms with Gasteiger partial charge in [0.15, 0.2) is 0 Å². The van der Waals surface area contributed by atoms with Crippen LogP contribution in [0.1, 0.15) is 22.6 Å². The molecule has 36 heavy (non-hydrogen) atoms. The second-order valence-corrected chi connectivity index (χ2v) is 9.05. The van der Waals surface area contributed by atoms with E-state index in [0.29, 0.717) is 18.8 Å². The number of aromatic amines is 1. The molecule has 2 aromatic carbocycles. The Labute approximate surface area is 208 Å². The molecule has 1 aliphatic heterocycles. The minimum Gasteiger partial charge on any atom is -0.490 e. The molecule has 0 saturated heterocycles. The van der Waals surface area contributed by atoms with Gasteiger partial charge < -0.3 is 20.8 Å². The van der Waals surface area contributed by atoms with Gasteiger partial charge in [0.25, 0.3) is 0 Å². The van der Waals surface area contributed by atoms with Crippen molar-refractivity contribution in [1.29, 1.82) is 0 Å². The molecule has 1 aliphatic rings. The molecule has 178 valence electrons. The number of amides is 1. The third kappa shape index (κ3) is 4.21. The first-order valence-corrected chi connectivity index (χ1v) is 11.9. The number of nitrogens with zero attached hydrogens (tertiary/aromatic N) is 2. The summed E-state index contributed by atoms with van der Waals surface area (Å²) >= 11 is 0. The second-order valence-electron chi connectivity index (χ2n) is 9.05. The van der Waals surface area contributed by atoms with Gasteiger partial charge in [-0.3, -0.25) is 14.8 Å². The van der Waals surface area contributed by atoms with Crippen molar-refractivity contribution in [2.45, 2.75) is 18.4 Å². The van der Waals surface area contributed by atoms with E-state index >= 15 is 0 Å². The SMILES string of the molecule is N[C@H](COc1cncc(-c2ccc3c(c2)C(c2cccnc2)C(=O)N3)c1)Cc1c[nH]c2ccccc12. The lowest BCUT2D eigenvalue weighted by molar-refractivity contribution is -0.116. The van der Waals surface area contributed by atoms with Crippen molar-refractivity contribution < 1.29 is 9.53 Å². The molecular formula is C29H25N5O2. The van der Waals surface area contributed by atoms with E-state index in [9.17, 15) is 4.79 Å². The molecule has 0 saturated carbocycles. The van der Waals surface area contributed by atoms with Crippen LogP contribution in [0, 0.1) is 0 Å². The fourth-order valence-corrected chi connectivity index (χ4v) is 4.82. The van der Waals surface area contributed by atoms with Crippen molar-refractivity contribution >= 4 is 22.5 Å². The molecule has 0 aliphatic carbocycles. The van der Waals surface area contributed by atoms with Gasteiger partial charge in [0.2, 0.25) is 5.91 Å². The summed E-state index contributed by atoms with van der Waals surface area (Å²) in [6, 6.07) is 19.7. The number of carbonyl (C=O) groups excluding carboxylic acids is 1. The van der Waals surface area contributed by atoms with Gasteiger partial charge in [0.05, 0.1) is 12.1 Å². The summed E-state index contributed by atoms with van der Waals surface area (Å²) < 4.78 is 6.02. The first-order chi connectivity index (χ1) is 17.7. The Morgan fingerprint density at radius 1 is 0.972 bits per heavy atom. The van der Waals surface area contributed by atoms with Crippen LogP contribution < -0.4 is 15.8 Å². The molecular weight excluding hydrogens is 450 g/mol. The third-order valence-corrected chi connectivity index (χ3v) is 6.57. The third-order valence-electron chi connectivity index (χ3n) is 6.57. The van der Waals surface area contributed by atoms with Gasteiger partial charge in [-0.15, -0.1) is 0 Å². The van der Waals surface area contributed by atoms with Gasteiger partial charge in [0.1, 0.15) is 12.4 Å². The van der Waals surface area contributed by atoms with Crippen LogP contribution in [0.4, 0.5) is 5.69 Å². The van der Waals surface area contributed by atoms with Gasteiger partial charge in [-0.2, -0.15) is 0 Å². The highest BCUT2D eigenvalue weighted by atomic mass is 16.5. The monoisotopic (exact) mass is 475 g/mol. The molecule has 6 rings (SSSR count). The highest BCUT2D eigenvalue weighted by molar-refractivity contribution is 6.05. The first-order valence-electron chi connectivity index (χ1n) is 11.9. The fourth-order valence-electron chi connectivity index (χ4n) is 4.82. The van der Waals surface area contributed by atoms with Crippen LogP contribution in [0.3, 0.4) is 0 Å². The minimum absolute atomic E-state index is 0.0467. The maximum absolute atomic E-state index is 12.7. The van der Waals surface area contributed by atoms with E-state index < -0.39 is 0 Å². The molecule has 5 aromatic rings. The number of benzene rings is 2. The Morgan fingerprint density at radius 2 is 1.89 bits per heavy atom. The number of nitrogens with one attached hydrogen (secondary N) is 2. The molecule has 0 radical (unpaired) electrons. The maximum Gasteiger partial charge on any atom is 0.236 e. The van der Waals surface area contributed by atoms with E-state index in [1.165, 1.54) is 10.9 Å². The zero-order valence-electron chi connectivity index (χ0n) is 19.5. The predicted octanol–water partition coefficient (Wildman–Crippen LogP) is 4.66. The number of hydrogen-bond donors (Lipinski definition) is 3. The van der Waals surface area contributed by atoms with Crippen molar-refractivity contribution in [3.8, 4) is 16.9 Å². The number of ether oxygens (including phenoxy) is 1. The number of para-hydroxylation sites is 1. The Morgan fingerprint density at radius 3 is 2.78 bits per heavy atom. The standard InChI is InChI=1S/C29H25N5O2/c30-22(10-21-15-33-26-6-2-1-5-24(21)26)17-36-23-11-20(14-32-16-23)18-7-8-27-25(12-18)28(29(35)34-27)19-4-3-9-31-13-19/h1-9,11-16,22,28,33H,10,17,30H2,(H,34,35)/t22-,28?/m0/s1. The average molecular weight is 476 g/mol. The molecule has 2 atom stereocenters. The van der Waals surface area contributed by atoms with Crippen LogP contribution in [0.5, 0.6) is 5.75 Å². The van der Waals surface area contributed by atoms with Crippen molar-refractivity contribution in [2.75, 3.05) is 11.9 Å². The van der Waals surface area contributed by atoms with E-state index in [2.05, 4.69) is 32.4 Å². The van der Waals surface area contributed by atoms with E-state index in [0.717, 1.165) is 33.5 Å². The largest absolute Gasteiger partial charge is 0.490 e. The molecule has 1 amide bonds. The Hall–Kier alpha value is -4.49. The van der Waals surface area contributed by atoms with Crippen molar-refractivity contribution in [1.82, 2.24) is 15.0 Å². The van der Waals surface area contributed by atoms with E-state index in [1.807, 2.05) is 54.7 Å². The fraction of sp³-hybridized carbons (Fsp3) is 0.138. The second kappa shape index (κ2) is 9.28. The zero-order chi connectivity index (χ0) is 24.5. The molecule has 0 fully saturated rings. The van der Waals surface area contributed by atoms with Crippen LogP contribution in [0.15, 0.2) is 91.6 Å². The van der Waals surface area contributed by atoms with Gasteiger partial charge in [0, 0.05) is 53.0 Å². The summed E-state index contributed by atoms with van der Waals surface area (Å²) in [6.45, 7) is 0.371. The van der Waals surface area contributed by atoms with Crippen molar-refractivity contribution in [2.24, 2.45) is 5.73 Å². The summed E-state index contributed by atoms with van der Waals surface area (Å²) in [5.74, 6) is 0.221. The van der Waals surface area contributed by atoms with Gasteiger partial charge >= 0.3 is 0 Å². The molecule has 7 heteroatoms. The molecule has 3 aromatic heterocycles. The summed E-state index contributed by atoms with van der Waals surface area (Å²) in [7, 11) is 0.